The summed E-state index contributed by atoms with van der Waals surface area (Å²) in [7, 11) is 0. The van der Waals surface area contributed by atoms with Crippen LogP contribution in [0.5, 0.6) is 0 Å². The number of aryl methyl sites for hydroxylation is 2. The summed E-state index contributed by atoms with van der Waals surface area (Å²) in [5, 5.41) is 9.87. The molecule has 29 heavy (non-hydrogen) atoms. The van der Waals surface area contributed by atoms with Crippen molar-refractivity contribution in [3.63, 3.8) is 0 Å². The lowest BCUT2D eigenvalue weighted by atomic mass is 10.1. The summed E-state index contributed by atoms with van der Waals surface area (Å²) in [5.41, 5.74) is 4.98. The number of amides is 2. The van der Waals surface area contributed by atoms with Gasteiger partial charge in [0.15, 0.2) is 0 Å². The molecular formula is C22H23BrN4O2. The highest BCUT2D eigenvalue weighted by Gasteiger charge is 2.18. The van der Waals surface area contributed by atoms with Gasteiger partial charge < -0.3 is 10.6 Å². The first kappa shape index (κ1) is 20.8. The fourth-order valence-corrected chi connectivity index (χ4v) is 3.51. The highest BCUT2D eigenvalue weighted by Crippen LogP contribution is 2.20. The number of nitrogens with one attached hydrogen (secondary N) is 2. The van der Waals surface area contributed by atoms with Gasteiger partial charge in [-0.05, 0) is 56.2 Å². The summed E-state index contributed by atoms with van der Waals surface area (Å²) in [6, 6.07) is 13.5. The maximum absolute atomic E-state index is 12.6. The van der Waals surface area contributed by atoms with Crippen LogP contribution in [0.15, 0.2) is 53.1 Å². The Bertz CT molecular complexity index is 1040. The molecule has 0 atom stereocenters. The summed E-state index contributed by atoms with van der Waals surface area (Å²) in [6.07, 6.45) is 2.19. The van der Waals surface area contributed by atoms with Gasteiger partial charge in [0, 0.05) is 10.2 Å². The van der Waals surface area contributed by atoms with Crippen LogP contribution in [-0.4, -0.2) is 28.1 Å². The van der Waals surface area contributed by atoms with Crippen LogP contribution in [0.3, 0.4) is 0 Å². The lowest BCUT2D eigenvalue weighted by Gasteiger charge is -2.10. The first-order chi connectivity index (χ1) is 13.9. The second-order valence-electron chi connectivity index (χ2n) is 6.80. The summed E-state index contributed by atoms with van der Waals surface area (Å²) in [5.74, 6) is -0.601. The number of aromatic nitrogens is 2. The number of halogens is 1. The van der Waals surface area contributed by atoms with Gasteiger partial charge in [-0.3, -0.25) is 9.59 Å². The Hall–Kier alpha value is -2.93. The van der Waals surface area contributed by atoms with Gasteiger partial charge in [0.05, 0.1) is 29.7 Å². The maximum atomic E-state index is 12.6. The van der Waals surface area contributed by atoms with Crippen LogP contribution in [0.4, 0.5) is 5.69 Å². The van der Waals surface area contributed by atoms with E-state index in [0.29, 0.717) is 17.7 Å². The molecule has 6 nitrogen and oxygen atoms in total. The minimum atomic E-state index is -0.317. The molecule has 0 aliphatic heterocycles. The zero-order valence-corrected chi connectivity index (χ0v) is 18.2. The van der Waals surface area contributed by atoms with E-state index in [0.717, 1.165) is 27.0 Å². The van der Waals surface area contributed by atoms with Crippen molar-refractivity contribution in [2.45, 2.75) is 27.2 Å². The summed E-state index contributed by atoms with van der Waals surface area (Å²) < 4.78 is 2.71. The van der Waals surface area contributed by atoms with Crippen molar-refractivity contribution in [1.29, 1.82) is 0 Å². The molecule has 0 saturated heterocycles. The predicted octanol–water partition coefficient (Wildman–Crippen LogP) is 4.18. The Morgan fingerprint density at radius 3 is 2.48 bits per heavy atom. The van der Waals surface area contributed by atoms with Crippen LogP contribution in [0.25, 0.3) is 5.69 Å². The molecule has 2 aromatic carbocycles. The first-order valence-corrected chi connectivity index (χ1v) is 10.2. The lowest BCUT2D eigenvalue weighted by Crippen LogP contribution is -2.33. The van der Waals surface area contributed by atoms with Crippen molar-refractivity contribution in [2.75, 3.05) is 11.9 Å². The van der Waals surface area contributed by atoms with E-state index in [-0.39, 0.29) is 18.4 Å². The minimum absolute atomic E-state index is 0.118. The van der Waals surface area contributed by atoms with Gasteiger partial charge in [-0.1, -0.05) is 40.5 Å². The third-order valence-electron chi connectivity index (χ3n) is 4.60. The summed E-state index contributed by atoms with van der Waals surface area (Å²) >= 11 is 3.40. The average molecular weight is 455 g/mol. The highest BCUT2D eigenvalue weighted by molar-refractivity contribution is 9.10. The predicted molar refractivity (Wildman–Crippen MR) is 118 cm³/mol. The SMILES string of the molecule is CCc1c(C(=O)NCC(=O)Nc2ccc(Br)cc2C)cnn1-c1ccc(C)cc1. The van der Waals surface area contributed by atoms with Gasteiger partial charge in [0.25, 0.3) is 5.91 Å². The molecule has 3 aromatic rings. The molecule has 0 saturated carbocycles. The Morgan fingerprint density at radius 1 is 1.10 bits per heavy atom. The van der Waals surface area contributed by atoms with Crippen LogP contribution in [0, 0.1) is 13.8 Å². The van der Waals surface area contributed by atoms with Gasteiger partial charge in [0.1, 0.15) is 0 Å². The van der Waals surface area contributed by atoms with E-state index in [9.17, 15) is 9.59 Å². The van der Waals surface area contributed by atoms with Crippen LogP contribution in [-0.2, 0) is 11.2 Å². The Labute approximate surface area is 178 Å². The molecule has 1 aromatic heterocycles. The molecule has 0 bridgehead atoms. The van der Waals surface area contributed by atoms with Crippen LogP contribution in [0.1, 0.15) is 34.1 Å². The molecule has 2 N–H and O–H groups in total. The third kappa shape index (κ3) is 4.92. The fraction of sp³-hybridized carbons (Fsp3) is 0.227. The molecule has 0 radical (unpaired) electrons. The number of hydrogen-bond donors (Lipinski definition) is 2. The van der Waals surface area contributed by atoms with E-state index >= 15 is 0 Å². The van der Waals surface area contributed by atoms with Gasteiger partial charge in [-0.2, -0.15) is 5.10 Å². The smallest absolute Gasteiger partial charge is 0.255 e. The van der Waals surface area contributed by atoms with E-state index in [4.69, 9.17) is 0 Å². The topological polar surface area (TPSA) is 76.0 Å². The lowest BCUT2D eigenvalue weighted by molar-refractivity contribution is -0.115. The van der Waals surface area contributed by atoms with Crippen molar-refractivity contribution >= 4 is 33.4 Å². The fourth-order valence-electron chi connectivity index (χ4n) is 3.03. The number of carbonyl (C=O) groups excluding carboxylic acids is 2. The molecule has 1 heterocycles. The molecule has 2 amide bonds. The number of carbonyl (C=O) groups is 2. The maximum Gasteiger partial charge on any atom is 0.255 e. The first-order valence-electron chi connectivity index (χ1n) is 9.37. The van der Waals surface area contributed by atoms with E-state index in [1.165, 1.54) is 0 Å². The second-order valence-corrected chi connectivity index (χ2v) is 7.71. The van der Waals surface area contributed by atoms with Crippen LogP contribution >= 0.6 is 15.9 Å². The molecule has 150 valence electrons. The molecule has 7 heteroatoms. The Morgan fingerprint density at radius 2 is 1.83 bits per heavy atom. The number of benzene rings is 2. The normalized spacial score (nSPS) is 10.6. The van der Waals surface area contributed by atoms with Crippen LogP contribution in [0.2, 0.25) is 0 Å². The Kier molecular flexibility index (Phi) is 6.49. The number of rotatable bonds is 6. The van der Waals surface area contributed by atoms with Crippen molar-refractivity contribution in [1.82, 2.24) is 15.1 Å². The third-order valence-corrected chi connectivity index (χ3v) is 5.09. The quantitative estimate of drug-likeness (QED) is 0.586. The monoisotopic (exact) mass is 454 g/mol. The van der Waals surface area contributed by atoms with Gasteiger partial charge >= 0.3 is 0 Å². The molecule has 0 unspecified atom stereocenters. The average Bonchev–Trinajstić information content (AvgIpc) is 3.13. The molecule has 0 aliphatic rings. The molecule has 0 spiro atoms. The van der Waals surface area contributed by atoms with Crippen molar-refractivity contribution in [2.24, 2.45) is 0 Å². The molecule has 3 rings (SSSR count). The summed E-state index contributed by atoms with van der Waals surface area (Å²) in [6.45, 7) is 5.79. The van der Waals surface area contributed by atoms with Gasteiger partial charge in [0.2, 0.25) is 5.91 Å². The number of nitrogens with zero attached hydrogens (tertiary/aromatic N) is 2. The molecular weight excluding hydrogens is 432 g/mol. The van der Waals surface area contributed by atoms with E-state index in [2.05, 4.69) is 31.7 Å². The second kappa shape index (κ2) is 9.05. The van der Waals surface area contributed by atoms with Gasteiger partial charge in [-0.15, -0.1) is 0 Å². The number of hydrogen-bond acceptors (Lipinski definition) is 3. The van der Waals surface area contributed by atoms with Crippen molar-refractivity contribution in [3.05, 3.63) is 75.5 Å². The standard InChI is InChI=1S/C22H23BrN4O2/c1-4-20-18(12-25-27(20)17-8-5-14(2)6-9-17)22(29)24-13-21(28)26-19-10-7-16(23)11-15(19)3/h5-12H,4,13H2,1-3H3,(H,24,29)(H,26,28). The minimum Gasteiger partial charge on any atom is -0.343 e. The zero-order valence-electron chi connectivity index (χ0n) is 16.6. The molecule has 0 aliphatic carbocycles. The van der Waals surface area contributed by atoms with Crippen molar-refractivity contribution < 1.29 is 9.59 Å². The van der Waals surface area contributed by atoms with E-state index in [1.807, 2.05) is 63.2 Å². The summed E-state index contributed by atoms with van der Waals surface area (Å²) in [4.78, 5) is 24.9. The van der Waals surface area contributed by atoms with Crippen LogP contribution < -0.4 is 10.6 Å². The zero-order chi connectivity index (χ0) is 21.0. The Balaban J connectivity index is 1.67. The molecule has 0 fully saturated rings. The highest BCUT2D eigenvalue weighted by atomic mass is 79.9. The van der Waals surface area contributed by atoms with Crippen molar-refractivity contribution in [3.8, 4) is 5.69 Å². The number of anilines is 1. The largest absolute Gasteiger partial charge is 0.343 e. The van der Waals surface area contributed by atoms with E-state index < -0.39 is 0 Å². The van der Waals surface area contributed by atoms with E-state index in [1.54, 1.807) is 10.9 Å². The van der Waals surface area contributed by atoms with Gasteiger partial charge in [-0.25, -0.2) is 4.68 Å².